The predicted octanol–water partition coefficient (Wildman–Crippen LogP) is 4.92. The number of para-hydroxylation sites is 2. The van der Waals surface area contributed by atoms with E-state index in [0.29, 0.717) is 62.9 Å². The summed E-state index contributed by atoms with van der Waals surface area (Å²) in [5, 5.41) is 10.7. The molecule has 0 saturated carbocycles. The molecule has 8 heteroatoms. The molecule has 0 aliphatic carbocycles. The summed E-state index contributed by atoms with van der Waals surface area (Å²) in [6.45, 7) is 4.93. The Bertz CT molecular complexity index is 1550. The van der Waals surface area contributed by atoms with Crippen LogP contribution in [0.25, 0.3) is 44.5 Å². The van der Waals surface area contributed by atoms with Crippen molar-refractivity contribution >= 4 is 33.1 Å². The van der Waals surface area contributed by atoms with Gasteiger partial charge in [0.05, 0.1) is 29.2 Å². The summed E-state index contributed by atoms with van der Waals surface area (Å²) < 4.78 is 13.3. The highest BCUT2D eigenvalue weighted by Gasteiger charge is 2.20. The van der Waals surface area contributed by atoms with Crippen molar-refractivity contribution in [1.82, 2.24) is 14.7 Å². The van der Waals surface area contributed by atoms with Gasteiger partial charge in [-0.3, -0.25) is 0 Å². The number of hydrogen-bond acceptors (Lipinski definition) is 5. The van der Waals surface area contributed by atoms with Crippen molar-refractivity contribution in [1.29, 1.82) is 0 Å². The lowest BCUT2D eigenvalue weighted by molar-refractivity contribution is -0.433. The Kier molecular flexibility index (Phi) is 5.12. The lowest BCUT2D eigenvalue weighted by Gasteiger charge is -2.12. The van der Waals surface area contributed by atoms with E-state index in [1.165, 1.54) is 0 Å². The number of imidazole rings is 1. The van der Waals surface area contributed by atoms with Crippen LogP contribution in [0.4, 0.5) is 0 Å². The summed E-state index contributed by atoms with van der Waals surface area (Å²) in [5.74, 6) is 2.49. The number of methoxy groups -OCH3 is 1. The van der Waals surface area contributed by atoms with Gasteiger partial charge in [0.25, 0.3) is 11.0 Å². The van der Waals surface area contributed by atoms with Gasteiger partial charge in [-0.2, -0.15) is 4.73 Å². The molecule has 168 valence electrons. The van der Waals surface area contributed by atoms with Crippen LogP contribution in [-0.4, -0.2) is 33.6 Å². The van der Waals surface area contributed by atoms with Gasteiger partial charge >= 0.3 is 0 Å². The van der Waals surface area contributed by atoms with E-state index in [1.807, 2.05) is 18.2 Å². The number of aromatic amines is 1. The molecule has 0 fully saturated rings. The molecule has 5 aromatic rings. The molecule has 5 rings (SSSR count). The summed E-state index contributed by atoms with van der Waals surface area (Å²) >= 11 is 0. The minimum Gasteiger partial charge on any atom is -0.493 e. The smallest absolute Gasteiger partial charge is 0.292 e. The third-order valence-corrected chi connectivity index (χ3v) is 5.74. The number of aromatic nitrogens is 4. The fourth-order valence-corrected chi connectivity index (χ4v) is 3.92. The second-order valence-electron chi connectivity index (χ2n) is 8.43. The van der Waals surface area contributed by atoms with Crippen molar-refractivity contribution in [3.05, 3.63) is 59.5 Å². The van der Waals surface area contributed by atoms with Gasteiger partial charge in [-0.1, -0.05) is 26.0 Å². The molecular formula is C25H25N4O4+. The van der Waals surface area contributed by atoms with Gasteiger partial charge < -0.3 is 19.7 Å². The fraction of sp³-hybridized carbons (Fsp3) is 0.240. The van der Waals surface area contributed by atoms with Crippen molar-refractivity contribution in [3.8, 4) is 22.9 Å². The lowest BCUT2D eigenvalue weighted by atomic mass is 10.1. The molecule has 0 aliphatic heterocycles. The second kappa shape index (κ2) is 8.12. The molecule has 2 heterocycles. The largest absolute Gasteiger partial charge is 0.493 e. The maximum Gasteiger partial charge on any atom is 0.292 e. The molecule has 3 aromatic carbocycles. The normalized spacial score (nSPS) is 11.6. The Morgan fingerprint density at radius 2 is 1.88 bits per heavy atom. The fourth-order valence-electron chi connectivity index (χ4n) is 3.92. The molecular weight excluding hydrogens is 420 g/mol. The van der Waals surface area contributed by atoms with E-state index in [0.717, 1.165) is 21.1 Å². The molecule has 0 amide bonds. The van der Waals surface area contributed by atoms with Crippen molar-refractivity contribution < 1.29 is 19.1 Å². The van der Waals surface area contributed by atoms with Gasteiger partial charge in [0.2, 0.25) is 0 Å². The molecule has 0 unspecified atom stereocenters. The Morgan fingerprint density at radius 3 is 2.67 bits per heavy atom. The number of benzene rings is 3. The first kappa shape index (κ1) is 20.8. The summed E-state index contributed by atoms with van der Waals surface area (Å²) in [7, 11) is 1.61. The molecule has 0 radical (unpaired) electrons. The molecule has 0 atom stereocenters. The Hall–Kier alpha value is -4.07. The Balaban J connectivity index is 1.59. The highest BCUT2D eigenvalue weighted by Crippen LogP contribution is 2.33. The van der Waals surface area contributed by atoms with Crippen LogP contribution in [0, 0.1) is 10.8 Å². The third kappa shape index (κ3) is 3.63. The number of hydrogen-bond donors (Lipinski definition) is 2. The highest BCUT2D eigenvalue weighted by atomic mass is 16.5. The highest BCUT2D eigenvalue weighted by molar-refractivity contribution is 5.93. The van der Waals surface area contributed by atoms with Crippen molar-refractivity contribution in [2.45, 2.75) is 20.3 Å². The van der Waals surface area contributed by atoms with E-state index in [2.05, 4.69) is 23.8 Å². The summed E-state index contributed by atoms with van der Waals surface area (Å²) in [6, 6.07) is 16.0. The summed E-state index contributed by atoms with van der Waals surface area (Å²) in [4.78, 5) is 20.9. The van der Waals surface area contributed by atoms with Gasteiger partial charge in [0, 0.05) is 22.6 Å². The van der Waals surface area contributed by atoms with E-state index in [1.54, 1.807) is 43.5 Å². The average Bonchev–Trinajstić information content (AvgIpc) is 3.24. The zero-order valence-electron chi connectivity index (χ0n) is 18.7. The number of fused-ring (bicyclic) bond motifs is 3. The Labute approximate surface area is 189 Å². The van der Waals surface area contributed by atoms with E-state index in [9.17, 15) is 10.1 Å². The van der Waals surface area contributed by atoms with Crippen LogP contribution in [0.2, 0.25) is 0 Å². The first-order valence-corrected chi connectivity index (χ1v) is 10.9. The predicted molar refractivity (Wildman–Crippen MR) is 127 cm³/mol. The lowest BCUT2D eigenvalue weighted by Crippen LogP contribution is -2.20. The summed E-state index contributed by atoms with van der Waals surface area (Å²) in [5.41, 5.74) is 3.66. The van der Waals surface area contributed by atoms with Crippen LogP contribution in [-0.2, 0) is 0 Å². The zero-order chi connectivity index (χ0) is 23.1. The number of H-pyrrole nitrogens is 1. The molecule has 2 aromatic heterocycles. The molecule has 8 nitrogen and oxygen atoms in total. The topological polar surface area (TPSA) is 95.3 Å². The number of ether oxygens (including phenoxy) is 2. The maximum absolute atomic E-state index is 12.9. The van der Waals surface area contributed by atoms with E-state index in [4.69, 9.17) is 9.47 Å². The van der Waals surface area contributed by atoms with Gasteiger partial charge in [-0.15, -0.1) is 0 Å². The van der Waals surface area contributed by atoms with E-state index < -0.39 is 0 Å². The number of nitrogens with zero attached hydrogens (tertiary/aromatic N) is 3. The molecule has 0 bridgehead atoms. The van der Waals surface area contributed by atoms with Crippen LogP contribution in [0.3, 0.4) is 0 Å². The van der Waals surface area contributed by atoms with Crippen molar-refractivity contribution in [2.75, 3.05) is 13.7 Å². The van der Waals surface area contributed by atoms with E-state index in [-0.39, 0.29) is 0 Å². The Morgan fingerprint density at radius 1 is 1.06 bits per heavy atom. The van der Waals surface area contributed by atoms with Crippen molar-refractivity contribution in [3.63, 3.8) is 0 Å². The second-order valence-corrected chi connectivity index (χ2v) is 8.43. The summed E-state index contributed by atoms with van der Waals surface area (Å²) in [6.07, 6.45) is 0.960. The molecule has 0 aliphatic rings. The quantitative estimate of drug-likeness (QED) is 0.220. The third-order valence-electron chi connectivity index (χ3n) is 5.74. The maximum atomic E-state index is 12.9. The first-order valence-electron chi connectivity index (χ1n) is 10.9. The van der Waals surface area contributed by atoms with Crippen LogP contribution >= 0.6 is 0 Å². The first-order chi connectivity index (χ1) is 16.0. The van der Waals surface area contributed by atoms with E-state index >= 15 is 0 Å². The van der Waals surface area contributed by atoms with Crippen LogP contribution in [0.15, 0.2) is 54.6 Å². The average molecular weight is 445 g/mol. The molecule has 0 saturated heterocycles. The number of nitrogens with one attached hydrogen (secondary N) is 1. The minimum absolute atomic E-state index is 0.327. The van der Waals surface area contributed by atoms with Crippen LogP contribution in [0.1, 0.15) is 20.3 Å². The van der Waals surface area contributed by atoms with Crippen molar-refractivity contribution in [2.24, 2.45) is 5.92 Å². The van der Waals surface area contributed by atoms with Gasteiger partial charge in [-0.25, -0.2) is 4.98 Å². The SMILES string of the molecule is COc1cc(-c2nc3cc4c(cc3[nH]2)n(O)c2ccccc2[n+]4=O)ccc1OCCC(C)C. The van der Waals surface area contributed by atoms with Crippen LogP contribution in [0.5, 0.6) is 11.5 Å². The monoisotopic (exact) mass is 445 g/mol. The van der Waals surface area contributed by atoms with Gasteiger partial charge in [-0.05, 0) is 42.7 Å². The zero-order valence-corrected chi connectivity index (χ0v) is 18.7. The number of rotatable bonds is 6. The minimum atomic E-state index is 0.327. The molecule has 33 heavy (non-hydrogen) atoms. The van der Waals surface area contributed by atoms with Gasteiger partial charge in [0.15, 0.2) is 22.5 Å². The molecule has 0 spiro atoms. The standard InChI is InChI=1S/C25H25N4O4/c1-15(2)10-11-33-23-9-8-16(12-24(23)32-3)25-26-17-13-21-22(14-18(17)27-25)29(31)20-7-5-4-6-19(20)28(21)30/h4-9,12-15,30H,10-11H2,1-3H3,(H,26,27)/q+1. The molecule has 2 N–H and O–H groups in total. The van der Waals surface area contributed by atoms with Gasteiger partial charge in [0.1, 0.15) is 5.82 Å². The van der Waals surface area contributed by atoms with Crippen LogP contribution < -0.4 is 13.9 Å².